The molecule has 0 aliphatic carbocycles. The van der Waals surface area contributed by atoms with Gasteiger partial charge in [-0.1, -0.05) is 5.16 Å². The first-order valence-corrected chi connectivity index (χ1v) is 6.83. The summed E-state index contributed by atoms with van der Waals surface area (Å²) in [6.45, 7) is 4.70. The molecule has 7 nitrogen and oxygen atoms in total. The summed E-state index contributed by atoms with van der Waals surface area (Å²) in [5, 5.41) is 11.5. The summed E-state index contributed by atoms with van der Waals surface area (Å²) in [5.41, 5.74) is 0. The summed E-state index contributed by atoms with van der Waals surface area (Å²) < 4.78 is 12.3. The Morgan fingerprint density at radius 1 is 1.33 bits per heavy atom. The lowest BCUT2D eigenvalue weighted by Crippen LogP contribution is -2.33. The van der Waals surface area contributed by atoms with E-state index in [9.17, 15) is 0 Å². The zero-order valence-electron chi connectivity index (χ0n) is 11.9. The molecule has 3 aromatic heterocycles. The van der Waals surface area contributed by atoms with E-state index in [1.807, 2.05) is 16.9 Å². The highest BCUT2D eigenvalue weighted by atomic mass is 16.5. The normalized spacial score (nSPS) is 14.2. The van der Waals surface area contributed by atoms with Gasteiger partial charge in [0.2, 0.25) is 11.7 Å². The molecule has 0 unspecified atom stereocenters. The number of furan rings is 1. The van der Waals surface area contributed by atoms with Crippen LogP contribution in [0.25, 0.3) is 11.6 Å². The summed E-state index contributed by atoms with van der Waals surface area (Å²) in [6.07, 6.45) is 5.30. The van der Waals surface area contributed by atoms with Crippen molar-refractivity contribution in [3.05, 3.63) is 42.7 Å². The standard InChI is InChI=1S/C14H17N5O2/c1-10(11(2)19-7-4-6-16-19)15-9-13-17-14(18-21-13)12-5-3-8-20-12/h3-8,10-11,15H,9H2,1-2H3/t10-,11+/m0/s1. The van der Waals surface area contributed by atoms with Gasteiger partial charge < -0.3 is 14.3 Å². The Morgan fingerprint density at radius 3 is 2.95 bits per heavy atom. The van der Waals surface area contributed by atoms with E-state index in [4.69, 9.17) is 8.94 Å². The molecule has 0 aliphatic heterocycles. The van der Waals surface area contributed by atoms with E-state index in [0.29, 0.717) is 24.0 Å². The fourth-order valence-electron chi connectivity index (χ4n) is 2.00. The van der Waals surface area contributed by atoms with Crippen molar-refractivity contribution in [3.8, 4) is 11.6 Å². The zero-order valence-corrected chi connectivity index (χ0v) is 11.9. The van der Waals surface area contributed by atoms with Crippen LogP contribution in [0.1, 0.15) is 25.8 Å². The van der Waals surface area contributed by atoms with Crippen molar-refractivity contribution < 1.29 is 8.94 Å². The molecule has 0 aliphatic rings. The fourth-order valence-corrected chi connectivity index (χ4v) is 2.00. The van der Waals surface area contributed by atoms with Gasteiger partial charge in [0.1, 0.15) is 0 Å². The smallest absolute Gasteiger partial charge is 0.241 e. The molecule has 0 saturated heterocycles. The number of nitrogens with one attached hydrogen (secondary N) is 1. The Morgan fingerprint density at radius 2 is 2.24 bits per heavy atom. The summed E-state index contributed by atoms with van der Waals surface area (Å²) >= 11 is 0. The van der Waals surface area contributed by atoms with Gasteiger partial charge >= 0.3 is 0 Å². The molecule has 0 amide bonds. The highest BCUT2D eigenvalue weighted by Gasteiger charge is 2.16. The lowest BCUT2D eigenvalue weighted by molar-refractivity contribution is 0.325. The molecule has 1 N–H and O–H groups in total. The molecular formula is C14H17N5O2. The van der Waals surface area contributed by atoms with E-state index >= 15 is 0 Å². The average Bonchev–Trinajstić information content (AvgIpc) is 3.25. The Hall–Kier alpha value is -2.41. The SMILES string of the molecule is C[C@H](NCc1nc(-c2ccco2)no1)[C@@H](C)n1cccn1. The van der Waals surface area contributed by atoms with Crippen molar-refractivity contribution in [2.75, 3.05) is 0 Å². The van der Waals surface area contributed by atoms with Crippen LogP contribution in [0, 0.1) is 0 Å². The summed E-state index contributed by atoms with van der Waals surface area (Å²) in [6, 6.07) is 5.94. The second kappa shape index (κ2) is 5.92. The molecule has 0 radical (unpaired) electrons. The number of nitrogens with zero attached hydrogens (tertiary/aromatic N) is 4. The molecule has 2 atom stereocenters. The molecule has 3 rings (SSSR count). The fraction of sp³-hybridized carbons (Fsp3) is 0.357. The molecule has 0 saturated carbocycles. The minimum atomic E-state index is 0.212. The van der Waals surface area contributed by atoms with Gasteiger partial charge in [0, 0.05) is 18.4 Å². The Balaban J connectivity index is 1.58. The van der Waals surface area contributed by atoms with Crippen LogP contribution in [-0.2, 0) is 6.54 Å². The molecule has 21 heavy (non-hydrogen) atoms. The first-order chi connectivity index (χ1) is 10.2. The van der Waals surface area contributed by atoms with Crippen molar-refractivity contribution in [1.82, 2.24) is 25.2 Å². The molecule has 0 fully saturated rings. The van der Waals surface area contributed by atoms with Crippen LogP contribution >= 0.6 is 0 Å². The Labute approximate surface area is 122 Å². The predicted octanol–water partition coefficient (Wildman–Crippen LogP) is 2.27. The van der Waals surface area contributed by atoms with Gasteiger partial charge in [0.25, 0.3) is 0 Å². The minimum absolute atomic E-state index is 0.212. The lowest BCUT2D eigenvalue weighted by atomic mass is 10.2. The quantitative estimate of drug-likeness (QED) is 0.749. The van der Waals surface area contributed by atoms with Crippen LogP contribution in [-0.4, -0.2) is 26.0 Å². The van der Waals surface area contributed by atoms with Crippen LogP contribution in [0.5, 0.6) is 0 Å². The van der Waals surface area contributed by atoms with Crippen molar-refractivity contribution in [2.24, 2.45) is 0 Å². The molecule has 3 aromatic rings. The summed E-state index contributed by atoms with van der Waals surface area (Å²) in [4.78, 5) is 4.29. The van der Waals surface area contributed by atoms with Gasteiger partial charge in [-0.15, -0.1) is 0 Å². The molecule has 3 heterocycles. The Bertz CT molecular complexity index is 659. The maximum Gasteiger partial charge on any atom is 0.241 e. The highest BCUT2D eigenvalue weighted by molar-refractivity contribution is 5.44. The second-order valence-electron chi connectivity index (χ2n) is 4.89. The first-order valence-electron chi connectivity index (χ1n) is 6.83. The zero-order chi connectivity index (χ0) is 14.7. The van der Waals surface area contributed by atoms with Crippen LogP contribution in [0.3, 0.4) is 0 Å². The maximum absolute atomic E-state index is 5.23. The maximum atomic E-state index is 5.23. The average molecular weight is 287 g/mol. The number of rotatable bonds is 6. The van der Waals surface area contributed by atoms with E-state index in [-0.39, 0.29) is 12.1 Å². The highest BCUT2D eigenvalue weighted by Crippen LogP contribution is 2.16. The topological polar surface area (TPSA) is 81.9 Å². The van der Waals surface area contributed by atoms with Crippen LogP contribution in [0.2, 0.25) is 0 Å². The summed E-state index contributed by atoms with van der Waals surface area (Å²) in [7, 11) is 0. The van der Waals surface area contributed by atoms with Gasteiger partial charge in [-0.25, -0.2) is 0 Å². The lowest BCUT2D eigenvalue weighted by Gasteiger charge is -2.20. The van der Waals surface area contributed by atoms with Gasteiger partial charge in [-0.2, -0.15) is 10.1 Å². The van der Waals surface area contributed by atoms with Crippen molar-refractivity contribution >= 4 is 0 Å². The Kier molecular flexibility index (Phi) is 3.83. The molecule has 7 heteroatoms. The molecule has 110 valence electrons. The number of aromatic nitrogens is 4. The van der Waals surface area contributed by atoms with Crippen LogP contribution in [0.4, 0.5) is 0 Å². The van der Waals surface area contributed by atoms with E-state index in [1.54, 1.807) is 24.6 Å². The van der Waals surface area contributed by atoms with E-state index in [2.05, 4.69) is 34.4 Å². The minimum Gasteiger partial charge on any atom is -0.461 e. The molecule has 0 bridgehead atoms. The van der Waals surface area contributed by atoms with Crippen molar-refractivity contribution in [3.63, 3.8) is 0 Å². The van der Waals surface area contributed by atoms with Gasteiger partial charge in [0.15, 0.2) is 5.76 Å². The van der Waals surface area contributed by atoms with E-state index < -0.39 is 0 Å². The summed E-state index contributed by atoms with van der Waals surface area (Å²) in [5.74, 6) is 1.59. The third kappa shape index (κ3) is 3.03. The van der Waals surface area contributed by atoms with E-state index in [0.717, 1.165) is 0 Å². The third-order valence-corrected chi connectivity index (χ3v) is 3.45. The van der Waals surface area contributed by atoms with Gasteiger partial charge in [0.05, 0.1) is 18.8 Å². The number of hydrogen-bond acceptors (Lipinski definition) is 6. The van der Waals surface area contributed by atoms with Gasteiger partial charge in [-0.3, -0.25) is 4.68 Å². The first kappa shape index (κ1) is 13.6. The van der Waals surface area contributed by atoms with Crippen LogP contribution in [0.15, 0.2) is 45.8 Å². The number of hydrogen-bond donors (Lipinski definition) is 1. The third-order valence-electron chi connectivity index (χ3n) is 3.45. The molecule has 0 spiro atoms. The monoisotopic (exact) mass is 287 g/mol. The molecule has 0 aromatic carbocycles. The van der Waals surface area contributed by atoms with Crippen LogP contribution < -0.4 is 5.32 Å². The molecular weight excluding hydrogens is 270 g/mol. The second-order valence-corrected chi connectivity index (χ2v) is 4.89. The predicted molar refractivity (Wildman–Crippen MR) is 75.2 cm³/mol. The van der Waals surface area contributed by atoms with E-state index in [1.165, 1.54) is 0 Å². The van der Waals surface area contributed by atoms with Crippen molar-refractivity contribution in [1.29, 1.82) is 0 Å². The van der Waals surface area contributed by atoms with Gasteiger partial charge in [-0.05, 0) is 32.0 Å². The largest absolute Gasteiger partial charge is 0.461 e. The van der Waals surface area contributed by atoms with Crippen molar-refractivity contribution in [2.45, 2.75) is 32.5 Å².